The molecule has 3 N–H and O–H groups in total. The van der Waals surface area contributed by atoms with Crippen molar-refractivity contribution in [3.05, 3.63) is 55.4 Å². The van der Waals surface area contributed by atoms with Crippen molar-refractivity contribution >= 4 is 17.9 Å². The lowest BCUT2D eigenvalue weighted by molar-refractivity contribution is -0.166. The topological polar surface area (TPSA) is 165 Å². The molecule has 0 amide bonds. The van der Waals surface area contributed by atoms with E-state index in [4.69, 9.17) is 10.2 Å². The standard InChI is InChI=1S/2C7H10N2O2.C4H6O2.C3H4N2.4CH4/c2*1-6(7(10)11)5-9-4-2-3-8-9;1-3-2-6-4(3)5;1-2-4-5-3-1;;;;/h2*2-4,6H,5H2,1H3,(H,10,11);3H,2H2,1H3;1-3H,(H,4,5);4*1H4/t2*6-;3-;;;;;/m000...../s1. The van der Waals surface area contributed by atoms with Crippen molar-refractivity contribution in [1.29, 1.82) is 0 Å². The van der Waals surface area contributed by atoms with E-state index in [0.717, 1.165) is 0 Å². The van der Waals surface area contributed by atoms with Gasteiger partial charge in [-0.3, -0.25) is 28.8 Å². The molecule has 0 aromatic carbocycles. The van der Waals surface area contributed by atoms with Crippen molar-refractivity contribution in [1.82, 2.24) is 29.8 Å². The Balaban J connectivity index is -0.000000197. The van der Waals surface area contributed by atoms with Gasteiger partial charge in [-0.05, 0) is 25.1 Å². The van der Waals surface area contributed by atoms with E-state index in [0.29, 0.717) is 19.7 Å². The number of nitrogens with one attached hydrogen (secondary N) is 1. The van der Waals surface area contributed by atoms with Gasteiger partial charge in [0.05, 0.1) is 30.8 Å². The fourth-order valence-corrected chi connectivity index (χ4v) is 2.07. The summed E-state index contributed by atoms with van der Waals surface area (Å²) in [7, 11) is 0. The highest BCUT2D eigenvalue weighted by Gasteiger charge is 2.24. The first-order chi connectivity index (χ1) is 15.7. The zero-order valence-electron chi connectivity index (χ0n) is 18.8. The number of nitrogens with zero attached hydrogens (tertiary/aromatic N) is 5. The van der Waals surface area contributed by atoms with Crippen LogP contribution in [0.2, 0.25) is 0 Å². The number of hydrogen-bond donors (Lipinski definition) is 3. The number of ether oxygens (including phenoxy) is 1. The predicted molar refractivity (Wildman–Crippen MR) is 144 cm³/mol. The lowest BCUT2D eigenvalue weighted by Gasteiger charge is -2.19. The van der Waals surface area contributed by atoms with Crippen molar-refractivity contribution in [3.8, 4) is 0 Å². The molecule has 12 heteroatoms. The average molecular weight is 527 g/mol. The van der Waals surface area contributed by atoms with E-state index in [1.807, 2.05) is 13.0 Å². The summed E-state index contributed by atoms with van der Waals surface area (Å²) in [6.45, 7) is 6.66. The Morgan fingerprint density at radius 3 is 1.54 bits per heavy atom. The molecular formula is C25H46N6O6. The summed E-state index contributed by atoms with van der Waals surface area (Å²) in [5, 5.41) is 31.1. The number of aliphatic carboxylic acids is 2. The zero-order chi connectivity index (χ0) is 24.6. The molecule has 0 spiro atoms. The van der Waals surface area contributed by atoms with E-state index < -0.39 is 11.9 Å². The minimum absolute atomic E-state index is 0. The number of aromatic amines is 1. The Hall–Kier alpha value is -3.96. The lowest BCUT2D eigenvalue weighted by atomic mass is 10.1. The predicted octanol–water partition coefficient (Wildman–Crippen LogP) is 4.34. The monoisotopic (exact) mass is 526 g/mol. The van der Waals surface area contributed by atoms with Gasteiger partial charge in [0.15, 0.2) is 0 Å². The number of rotatable bonds is 6. The van der Waals surface area contributed by atoms with Gasteiger partial charge in [-0.1, -0.05) is 43.6 Å². The van der Waals surface area contributed by atoms with E-state index in [1.54, 1.807) is 72.5 Å². The summed E-state index contributed by atoms with van der Waals surface area (Å²) in [5.41, 5.74) is 0. The maximum Gasteiger partial charge on any atom is 0.312 e. The summed E-state index contributed by atoms with van der Waals surface area (Å²) in [4.78, 5) is 30.8. The summed E-state index contributed by atoms with van der Waals surface area (Å²) in [6.07, 6.45) is 10.2. The summed E-state index contributed by atoms with van der Waals surface area (Å²) >= 11 is 0. The average Bonchev–Trinajstić information content (AvgIpc) is 3.58. The molecule has 212 valence electrons. The van der Waals surface area contributed by atoms with Gasteiger partial charge < -0.3 is 14.9 Å². The fourth-order valence-electron chi connectivity index (χ4n) is 2.07. The van der Waals surface area contributed by atoms with Crippen LogP contribution in [0.1, 0.15) is 50.5 Å². The molecule has 4 rings (SSSR count). The van der Waals surface area contributed by atoms with Gasteiger partial charge in [0.25, 0.3) is 0 Å². The van der Waals surface area contributed by atoms with Crippen molar-refractivity contribution in [2.45, 2.75) is 63.6 Å². The molecule has 0 radical (unpaired) electrons. The Kier molecular flexibility index (Phi) is 24.5. The third-order valence-corrected chi connectivity index (χ3v) is 4.17. The number of esters is 1. The van der Waals surface area contributed by atoms with Crippen LogP contribution >= 0.6 is 0 Å². The van der Waals surface area contributed by atoms with Gasteiger partial charge in [0, 0.05) is 37.2 Å². The third-order valence-electron chi connectivity index (χ3n) is 4.17. The molecule has 0 unspecified atom stereocenters. The SMILES string of the molecule is C.C.C.C.C[C@@H](Cn1cccn1)C(=O)O.C[C@@H](Cn1cccn1)C(=O)O.C[C@H]1COC1=O.c1cn[nH]c1. The highest BCUT2D eigenvalue weighted by Crippen LogP contribution is 2.08. The van der Waals surface area contributed by atoms with Gasteiger partial charge in [-0.25, -0.2) is 0 Å². The Bertz CT molecular complexity index is 844. The van der Waals surface area contributed by atoms with Gasteiger partial charge >= 0.3 is 17.9 Å². The fraction of sp³-hybridized carbons (Fsp3) is 0.520. The lowest BCUT2D eigenvalue weighted by Crippen LogP contribution is -2.31. The molecule has 1 saturated heterocycles. The molecule has 4 heterocycles. The van der Waals surface area contributed by atoms with E-state index in [1.165, 1.54) is 0 Å². The number of aromatic nitrogens is 6. The summed E-state index contributed by atoms with van der Waals surface area (Å²) < 4.78 is 7.62. The number of carboxylic acid groups (broad SMARTS) is 2. The van der Waals surface area contributed by atoms with E-state index in [9.17, 15) is 14.4 Å². The largest absolute Gasteiger partial charge is 0.481 e. The van der Waals surface area contributed by atoms with Crippen molar-refractivity contribution in [3.63, 3.8) is 0 Å². The van der Waals surface area contributed by atoms with Crippen LogP contribution in [0.15, 0.2) is 55.4 Å². The van der Waals surface area contributed by atoms with Crippen LogP contribution in [0.5, 0.6) is 0 Å². The van der Waals surface area contributed by atoms with Crippen LogP contribution in [-0.4, -0.2) is 64.5 Å². The molecule has 3 aromatic rings. The zero-order valence-corrected chi connectivity index (χ0v) is 18.8. The van der Waals surface area contributed by atoms with Crippen molar-refractivity contribution < 1.29 is 29.3 Å². The van der Waals surface area contributed by atoms with Gasteiger partial charge in [-0.15, -0.1) is 0 Å². The molecule has 1 aliphatic rings. The molecule has 0 saturated carbocycles. The number of hydrogen-bond acceptors (Lipinski definition) is 7. The second-order valence-electron chi connectivity index (χ2n) is 7.23. The molecule has 12 nitrogen and oxygen atoms in total. The van der Waals surface area contributed by atoms with E-state index >= 15 is 0 Å². The Morgan fingerprint density at radius 2 is 1.38 bits per heavy atom. The molecular weight excluding hydrogens is 480 g/mol. The highest BCUT2D eigenvalue weighted by molar-refractivity contribution is 5.76. The van der Waals surface area contributed by atoms with Crippen LogP contribution in [0, 0.1) is 17.8 Å². The Morgan fingerprint density at radius 1 is 0.946 bits per heavy atom. The van der Waals surface area contributed by atoms with Crippen LogP contribution < -0.4 is 0 Å². The van der Waals surface area contributed by atoms with Crippen LogP contribution in [0.3, 0.4) is 0 Å². The molecule has 37 heavy (non-hydrogen) atoms. The number of carboxylic acids is 2. The normalized spacial score (nSPS) is 13.8. The molecule has 1 aliphatic heterocycles. The number of cyclic esters (lactones) is 1. The molecule has 3 aromatic heterocycles. The quantitative estimate of drug-likeness (QED) is 0.396. The van der Waals surface area contributed by atoms with Crippen LogP contribution in [0.25, 0.3) is 0 Å². The van der Waals surface area contributed by atoms with Gasteiger partial charge in [0.1, 0.15) is 6.61 Å². The van der Waals surface area contributed by atoms with Crippen LogP contribution in [0.4, 0.5) is 0 Å². The van der Waals surface area contributed by atoms with Gasteiger partial charge in [-0.2, -0.15) is 15.3 Å². The maximum atomic E-state index is 10.4. The highest BCUT2D eigenvalue weighted by atomic mass is 16.6. The van der Waals surface area contributed by atoms with E-state index in [2.05, 4.69) is 25.1 Å². The molecule has 0 aliphatic carbocycles. The van der Waals surface area contributed by atoms with Crippen LogP contribution in [-0.2, 0) is 32.2 Å². The van der Waals surface area contributed by atoms with Crippen molar-refractivity contribution in [2.75, 3.05) is 6.61 Å². The first-order valence-electron chi connectivity index (χ1n) is 10.2. The molecule has 3 atom stereocenters. The molecule has 0 bridgehead atoms. The van der Waals surface area contributed by atoms with Gasteiger partial charge in [0.2, 0.25) is 0 Å². The number of carbonyl (C=O) groups excluding carboxylic acids is 1. The maximum absolute atomic E-state index is 10.4. The van der Waals surface area contributed by atoms with Crippen molar-refractivity contribution in [2.24, 2.45) is 17.8 Å². The second-order valence-corrected chi connectivity index (χ2v) is 7.23. The third kappa shape index (κ3) is 18.0. The molecule has 1 fully saturated rings. The minimum Gasteiger partial charge on any atom is -0.481 e. The second kappa shape index (κ2) is 22.5. The number of carbonyl (C=O) groups is 3. The minimum atomic E-state index is -0.791. The first-order valence-corrected chi connectivity index (χ1v) is 10.2. The Labute approximate surface area is 220 Å². The van der Waals surface area contributed by atoms with E-state index in [-0.39, 0.29) is 53.4 Å². The smallest absolute Gasteiger partial charge is 0.312 e. The first kappa shape index (κ1) is 40.2. The summed E-state index contributed by atoms with van der Waals surface area (Å²) in [6, 6.07) is 5.38. The summed E-state index contributed by atoms with van der Waals surface area (Å²) in [5.74, 6) is -2.23. The number of H-pyrrole nitrogens is 1.